The van der Waals surface area contributed by atoms with Crippen molar-refractivity contribution in [3.05, 3.63) is 70.3 Å². The third-order valence-corrected chi connectivity index (χ3v) is 12.6. The van der Waals surface area contributed by atoms with Crippen molar-refractivity contribution >= 4 is 38.8 Å². The van der Waals surface area contributed by atoms with E-state index in [0.29, 0.717) is 24.5 Å². The van der Waals surface area contributed by atoms with Crippen LogP contribution < -0.4 is 14.4 Å². The number of aryl methyl sites for hydroxylation is 1. The second-order valence-electron chi connectivity index (χ2n) is 12.8. The van der Waals surface area contributed by atoms with Crippen molar-refractivity contribution in [2.75, 3.05) is 24.6 Å². The van der Waals surface area contributed by atoms with Crippen LogP contribution in [-0.4, -0.2) is 52.1 Å². The molecule has 2 aliphatic carbocycles. The molecule has 0 aromatic heterocycles. The molecule has 2 aromatic rings. The largest absolute Gasteiger partial charge is 0.490 e. The molecule has 2 aromatic carbocycles. The van der Waals surface area contributed by atoms with E-state index < -0.39 is 15.8 Å². The number of hydrogen-bond acceptors (Lipinski definition) is 5. The van der Waals surface area contributed by atoms with E-state index in [4.69, 9.17) is 16.3 Å². The van der Waals surface area contributed by atoms with Gasteiger partial charge in [-0.15, -0.1) is 0 Å². The Morgan fingerprint density at radius 2 is 2.02 bits per heavy atom. The number of allylic oxidation sites excluding steroid dienone is 1. The molecule has 220 valence electrons. The number of nitrogens with zero attached hydrogens (tertiary/aromatic N) is 1. The third-order valence-electron chi connectivity index (χ3n) is 10.2. The Morgan fingerprint density at radius 3 is 2.80 bits per heavy atom. The number of nitrogens with one attached hydrogen (secondary N) is 1. The van der Waals surface area contributed by atoms with Gasteiger partial charge in [0.05, 0.1) is 28.1 Å². The van der Waals surface area contributed by atoms with Crippen molar-refractivity contribution in [2.45, 2.75) is 69.1 Å². The molecule has 0 saturated heterocycles. The second kappa shape index (κ2) is 11.0. The Morgan fingerprint density at radius 1 is 1.20 bits per heavy atom. The lowest BCUT2D eigenvalue weighted by Crippen LogP contribution is -2.49. The number of hydrogen-bond donors (Lipinski definition) is 2. The summed E-state index contributed by atoms with van der Waals surface area (Å²) in [5.41, 5.74) is 3.67. The average Bonchev–Trinajstić information content (AvgIpc) is 3.06. The number of carbonyl (C=O) groups excluding carboxylic acids is 1. The minimum absolute atomic E-state index is 0.0224. The van der Waals surface area contributed by atoms with Crippen LogP contribution >= 0.6 is 11.6 Å². The van der Waals surface area contributed by atoms with Crippen LogP contribution in [-0.2, 0) is 21.5 Å². The van der Waals surface area contributed by atoms with Crippen LogP contribution in [0.5, 0.6) is 5.75 Å². The molecule has 8 heteroatoms. The maximum absolute atomic E-state index is 13.6. The van der Waals surface area contributed by atoms with Crippen molar-refractivity contribution in [1.29, 1.82) is 0 Å². The Bertz CT molecular complexity index is 1470. The molecule has 7 atom stereocenters. The SMILES string of the molecule is C=S1(=O)NC(=O)c2ccc3c(c2)N(C[C@@H]2CC[C@H]2[C@@H](O)/C=C\C[C@H](C)[C@H]1C)C[C@@]1(CCCc2cc(Cl)ccc21)CO3. The minimum atomic E-state index is -2.91. The Hall–Kier alpha value is -2.48. The van der Waals surface area contributed by atoms with Gasteiger partial charge in [-0.2, -0.15) is 0 Å². The maximum Gasteiger partial charge on any atom is 0.262 e. The number of carbonyl (C=O) groups is 1. The summed E-state index contributed by atoms with van der Waals surface area (Å²) >= 11 is 6.40. The highest BCUT2D eigenvalue weighted by Crippen LogP contribution is 2.46. The first-order valence-corrected chi connectivity index (χ1v) is 17.1. The first-order chi connectivity index (χ1) is 19.6. The molecular formula is C33H41ClN2O4S. The van der Waals surface area contributed by atoms with Crippen LogP contribution in [0.15, 0.2) is 48.6 Å². The molecule has 6 rings (SSSR count). The van der Waals surface area contributed by atoms with Crippen LogP contribution in [0.2, 0.25) is 5.02 Å². The minimum Gasteiger partial charge on any atom is -0.490 e. The van der Waals surface area contributed by atoms with Crippen LogP contribution in [0.3, 0.4) is 0 Å². The van der Waals surface area contributed by atoms with E-state index >= 15 is 0 Å². The average molecular weight is 597 g/mol. The molecule has 1 fully saturated rings. The molecule has 1 unspecified atom stereocenters. The van der Waals surface area contributed by atoms with Crippen molar-refractivity contribution in [3.8, 4) is 5.75 Å². The maximum atomic E-state index is 13.6. The molecule has 1 saturated carbocycles. The number of benzene rings is 2. The Balaban J connectivity index is 1.42. The van der Waals surface area contributed by atoms with Crippen molar-refractivity contribution < 1.29 is 18.8 Å². The fourth-order valence-corrected chi connectivity index (χ4v) is 8.93. The zero-order valence-electron chi connectivity index (χ0n) is 24.0. The van der Waals surface area contributed by atoms with Crippen molar-refractivity contribution in [2.24, 2.45) is 17.8 Å². The van der Waals surface area contributed by atoms with Crippen LogP contribution in [0.1, 0.15) is 67.4 Å². The summed E-state index contributed by atoms with van der Waals surface area (Å²) in [5.74, 6) is 4.82. The summed E-state index contributed by atoms with van der Waals surface area (Å²) in [7, 11) is -2.91. The first-order valence-electron chi connectivity index (χ1n) is 14.9. The van der Waals surface area contributed by atoms with Crippen LogP contribution in [0.25, 0.3) is 0 Å². The highest BCUT2D eigenvalue weighted by molar-refractivity contribution is 7.99. The summed E-state index contributed by atoms with van der Waals surface area (Å²) in [6.07, 6.45) is 9.15. The summed E-state index contributed by atoms with van der Waals surface area (Å²) in [5, 5.41) is 11.6. The van der Waals surface area contributed by atoms with Gasteiger partial charge in [-0.3, -0.25) is 9.52 Å². The van der Waals surface area contributed by atoms with Gasteiger partial charge in [-0.05, 0) is 111 Å². The molecule has 6 nitrogen and oxygen atoms in total. The van der Waals surface area contributed by atoms with Crippen LogP contribution in [0.4, 0.5) is 5.69 Å². The molecular weight excluding hydrogens is 556 g/mol. The smallest absolute Gasteiger partial charge is 0.262 e. The van der Waals surface area contributed by atoms with Crippen molar-refractivity contribution in [3.63, 3.8) is 0 Å². The predicted octanol–water partition coefficient (Wildman–Crippen LogP) is 5.55. The third kappa shape index (κ3) is 5.41. The molecule has 1 amide bonds. The number of aliphatic hydroxyl groups is 1. The van der Waals surface area contributed by atoms with E-state index in [1.54, 1.807) is 6.07 Å². The molecule has 1 spiro atoms. The number of aliphatic hydroxyl groups excluding tert-OH is 1. The lowest BCUT2D eigenvalue weighted by Gasteiger charge is -2.45. The zero-order valence-corrected chi connectivity index (χ0v) is 25.6. The Kier molecular flexibility index (Phi) is 7.66. The van der Waals surface area contributed by atoms with Crippen LogP contribution in [0, 0.1) is 17.8 Å². The van der Waals surface area contributed by atoms with Gasteiger partial charge in [0.15, 0.2) is 0 Å². The van der Waals surface area contributed by atoms with E-state index in [2.05, 4.69) is 27.6 Å². The lowest BCUT2D eigenvalue weighted by molar-refractivity contribution is 0.0456. The van der Waals surface area contributed by atoms with E-state index in [1.165, 1.54) is 11.1 Å². The highest BCUT2D eigenvalue weighted by Gasteiger charge is 2.44. The van der Waals surface area contributed by atoms with Gasteiger partial charge < -0.3 is 14.7 Å². The van der Waals surface area contributed by atoms with Gasteiger partial charge >= 0.3 is 0 Å². The number of amides is 1. The zero-order chi connectivity index (χ0) is 28.9. The monoisotopic (exact) mass is 596 g/mol. The normalized spacial score (nSPS) is 36.1. The molecule has 2 aliphatic heterocycles. The Labute approximate surface area is 249 Å². The number of anilines is 1. The summed E-state index contributed by atoms with van der Waals surface area (Å²) in [6.45, 7) is 5.93. The van der Waals surface area contributed by atoms with Gasteiger partial charge in [-0.25, -0.2) is 4.21 Å². The van der Waals surface area contributed by atoms with E-state index in [1.807, 2.05) is 44.2 Å². The summed E-state index contributed by atoms with van der Waals surface area (Å²) in [6, 6.07) is 11.7. The molecule has 0 radical (unpaired) electrons. The summed E-state index contributed by atoms with van der Waals surface area (Å²) < 4.78 is 22.9. The van der Waals surface area contributed by atoms with Gasteiger partial charge in [0.2, 0.25) is 0 Å². The number of rotatable bonds is 0. The van der Waals surface area contributed by atoms with E-state index in [0.717, 1.165) is 61.7 Å². The molecule has 2 bridgehead atoms. The highest BCUT2D eigenvalue weighted by atomic mass is 35.5. The lowest BCUT2D eigenvalue weighted by atomic mass is 9.68. The standard InChI is InChI=1S/C33H41ClN2O4S/c1-21-6-4-8-30(37)27-12-9-25(27)18-36-19-33(15-5-7-23-16-26(34)11-13-28(23)33)20-40-31-14-10-24(17-29(31)36)32(38)35-41(3,39)22(21)2/h4,8,10-11,13-14,16-17,21-22,25,27,30,37H,3,5-7,9,12,15,18-20H2,1-2H3,(H,35,38,39)/b8-4-/t21-,22+,25-,27+,30-,33-,41?/m0/s1. The van der Waals surface area contributed by atoms with E-state index in [9.17, 15) is 14.1 Å². The molecule has 41 heavy (non-hydrogen) atoms. The molecule has 2 N–H and O–H groups in total. The first kappa shape index (κ1) is 28.6. The number of fused-ring (bicyclic) bond motifs is 4. The van der Waals surface area contributed by atoms with Crippen molar-refractivity contribution in [1.82, 2.24) is 4.72 Å². The molecule has 4 aliphatic rings. The van der Waals surface area contributed by atoms with Gasteiger partial charge in [0.1, 0.15) is 5.75 Å². The summed E-state index contributed by atoms with van der Waals surface area (Å²) in [4.78, 5) is 15.8. The predicted molar refractivity (Wildman–Crippen MR) is 168 cm³/mol. The van der Waals surface area contributed by atoms with E-state index in [-0.39, 0.29) is 28.4 Å². The number of halogens is 1. The fourth-order valence-electron chi connectivity index (χ4n) is 7.26. The quantitative estimate of drug-likeness (QED) is 0.308. The van der Waals surface area contributed by atoms with Gasteiger partial charge in [0, 0.05) is 34.3 Å². The molecule has 2 heterocycles. The topological polar surface area (TPSA) is 78.9 Å². The second-order valence-corrected chi connectivity index (χ2v) is 15.6. The number of ether oxygens (including phenoxy) is 1. The van der Waals surface area contributed by atoms with Gasteiger partial charge in [-0.1, -0.05) is 36.7 Å². The van der Waals surface area contributed by atoms with Gasteiger partial charge in [0.25, 0.3) is 5.91 Å². The fraction of sp³-hybridized carbons (Fsp3) is 0.515.